The fraction of sp³-hybridized carbons (Fsp3) is 0.214. The van der Waals surface area contributed by atoms with Gasteiger partial charge in [0.2, 0.25) is 11.8 Å². The largest absolute Gasteiger partial charge is 0.352 e. The van der Waals surface area contributed by atoms with E-state index in [0.29, 0.717) is 34.1 Å². The van der Waals surface area contributed by atoms with Crippen molar-refractivity contribution in [2.45, 2.75) is 23.6 Å². The number of nitrogens with one attached hydrogen (secondary N) is 2. The molecule has 198 valence electrons. The number of thiophene rings is 1. The van der Waals surface area contributed by atoms with E-state index in [0.717, 1.165) is 0 Å². The van der Waals surface area contributed by atoms with E-state index >= 15 is 0 Å². The third-order valence-electron chi connectivity index (χ3n) is 6.23. The molecule has 0 spiro atoms. The van der Waals surface area contributed by atoms with E-state index in [1.165, 1.54) is 27.8 Å². The van der Waals surface area contributed by atoms with Crippen LogP contribution in [0.25, 0.3) is 10.1 Å². The van der Waals surface area contributed by atoms with Crippen molar-refractivity contribution in [2.24, 2.45) is 5.92 Å². The summed E-state index contributed by atoms with van der Waals surface area (Å²) in [5.41, 5.74) is 2.48. The number of allylic oxidation sites excluding steroid dienone is 3. The van der Waals surface area contributed by atoms with E-state index in [2.05, 4.69) is 34.7 Å². The van der Waals surface area contributed by atoms with Crippen LogP contribution in [0.5, 0.6) is 0 Å². The summed E-state index contributed by atoms with van der Waals surface area (Å²) >= 11 is 33.0. The van der Waals surface area contributed by atoms with E-state index in [1.807, 2.05) is 12.1 Å². The Hall–Kier alpha value is -1.99. The molecule has 4 rings (SSSR count). The first-order valence-electron chi connectivity index (χ1n) is 11.6. The molecule has 0 radical (unpaired) electrons. The van der Waals surface area contributed by atoms with Gasteiger partial charge < -0.3 is 10.6 Å². The second-order valence-corrected chi connectivity index (χ2v) is 12.6. The first kappa shape index (κ1) is 29.0. The Morgan fingerprint density at radius 3 is 2.50 bits per heavy atom. The van der Waals surface area contributed by atoms with Gasteiger partial charge in [0.1, 0.15) is 4.33 Å². The van der Waals surface area contributed by atoms with E-state index in [1.54, 1.807) is 36.5 Å². The van der Waals surface area contributed by atoms with Gasteiger partial charge in [0.05, 0.1) is 5.92 Å². The Morgan fingerprint density at radius 2 is 1.79 bits per heavy atom. The van der Waals surface area contributed by atoms with Crippen LogP contribution in [-0.2, 0) is 16.0 Å². The fourth-order valence-corrected chi connectivity index (χ4v) is 6.69. The molecule has 10 heteroatoms. The van der Waals surface area contributed by atoms with E-state index < -0.39 is 22.1 Å². The first-order chi connectivity index (χ1) is 18.0. The highest BCUT2D eigenvalue weighted by Gasteiger charge is 2.67. The molecule has 0 aliphatic heterocycles. The second kappa shape index (κ2) is 12.0. The lowest BCUT2D eigenvalue weighted by molar-refractivity contribution is -0.121. The SMILES string of the molecule is C=C(/C=C\C(Cl)=C(/C)C(=O)NCCc1csc2ccccc12)NC(=O)C1C(c2cc(Cl)cc(Cl)c2)C1(Cl)Cl. The number of hydrogen-bond acceptors (Lipinski definition) is 3. The Labute approximate surface area is 250 Å². The summed E-state index contributed by atoms with van der Waals surface area (Å²) in [6, 6.07) is 13.1. The number of rotatable bonds is 9. The molecule has 2 N–H and O–H groups in total. The van der Waals surface area contributed by atoms with Gasteiger partial charge in [-0.2, -0.15) is 0 Å². The van der Waals surface area contributed by atoms with Gasteiger partial charge in [0.15, 0.2) is 0 Å². The molecule has 0 bridgehead atoms. The molecule has 1 heterocycles. The molecule has 0 saturated heterocycles. The van der Waals surface area contributed by atoms with Crippen molar-refractivity contribution in [1.29, 1.82) is 0 Å². The van der Waals surface area contributed by atoms with E-state index in [4.69, 9.17) is 58.0 Å². The molecule has 1 aliphatic carbocycles. The standard InChI is InChI=1S/C28H23Cl5N2O2S/c1-15(35-27(37)25-24(28(25,32)33)18-11-19(29)13-20(30)12-18)7-8-22(31)16(2)26(36)34-10-9-17-14-38-23-6-4-3-5-21(17)23/h3-8,11-14,24-25H,1,9-10H2,2H3,(H,34,36)(H,35,37)/b8-7-,22-16-. The number of fused-ring (bicyclic) bond motifs is 1. The van der Waals surface area contributed by atoms with Gasteiger partial charge in [-0.05, 0) is 71.7 Å². The minimum absolute atomic E-state index is 0.223. The third-order valence-corrected chi connectivity index (χ3v) is 9.03. The van der Waals surface area contributed by atoms with Gasteiger partial charge in [-0.25, -0.2) is 0 Å². The van der Waals surface area contributed by atoms with Crippen LogP contribution < -0.4 is 10.6 Å². The van der Waals surface area contributed by atoms with E-state index in [-0.39, 0.29) is 16.6 Å². The van der Waals surface area contributed by atoms with Crippen molar-refractivity contribution in [3.63, 3.8) is 0 Å². The van der Waals surface area contributed by atoms with Crippen LogP contribution in [0.3, 0.4) is 0 Å². The van der Waals surface area contributed by atoms with Crippen molar-refractivity contribution in [1.82, 2.24) is 10.6 Å². The summed E-state index contributed by atoms with van der Waals surface area (Å²) in [7, 11) is 0. The van der Waals surface area contributed by atoms with Crippen LogP contribution in [0.15, 0.2) is 82.9 Å². The normalized spacial score (nSPS) is 18.8. The molecular weight excluding hydrogens is 606 g/mol. The Bertz CT molecular complexity index is 1460. The highest BCUT2D eigenvalue weighted by Crippen LogP contribution is 2.65. The molecule has 1 aliphatic rings. The maximum absolute atomic E-state index is 12.8. The summed E-state index contributed by atoms with van der Waals surface area (Å²) in [4.78, 5) is 25.4. The first-order valence-corrected chi connectivity index (χ1v) is 14.4. The maximum atomic E-state index is 12.8. The molecule has 2 aromatic carbocycles. The minimum atomic E-state index is -1.30. The van der Waals surface area contributed by atoms with Crippen molar-refractivity contribution in [2.75, 3.05) is 6.54 Å². The molecule has 2 atom stereocenters. The van der Waals surface area contributed by atoms with Crippen LogP contribution in [0.2, 0.25) is 10.0 Å². The smallest absolute Gasteiger partial charge is 0.248 e. The number of carbonyl (C=O) groups is 2. The predicted octanol–water partition coefficient (Wildman–Crippen LogP) is 8.15. The summed E-state index contributed by atoms with van der Waals surface area (Å²) in [5.74, 6) is -1.87. The quantitative estimate of drug-likeness (QED) is 0.143. The van der Waals surface area contributed by atoms with Crippen molar-refractivity contribution in [3.05, 3.63) is 104 Å². The van der Waals surface area contributed by atoms with Gasteiger partial charge in [-0.3, -0.25) is 9.59 Å². The highest BCUT2D eigenvalue weighted by atomic mass is 35.5. The van der Waals surface area contributed by atoms with Gasteiger partial charge in [0, 0.05) is 43.5 Å². The van der Waals surface area contributed by atoms with Crippen LogP contribution in [0.4, 0.5) is 0 Å². The lowest BCUT2D eigenvalue weighted by atomic mass is 10.1. The van der Waals surface area contributed by atoms with Crippen molar-refractivity contribution in [3.8, 4) is 0 Å². The summed E-state index contributed by atoms with van der Waals surface area (Å²) in [6.45, 7) is 5.94. The summed E-state index contributed by atoms with van der Waals surface area (Å²) < 4.78 is -0.0804. The number of benzene rings is 2. The van der Waals surface area contributed by atoms with Gasteiger partial charge in [-0.1, -0.05) is 59.6 Å². The van der Waals surface area contributed by atoms with Gasteiger partial charge >= 0.3 is 0 Å². The van der Waals surface area contributed by atoms with Crippen LogP contribution in [0.1, 0.15) is 24.0 Å². The zero-order valence-corrected chi connectivity index (χ0v) is 24.8. The topological polar surface area (TPSA) is 58.2 Å². The maximum Gasteiger partial charge on any atom is 0.248 e. The average Bonchev–Trinajstić information content (AvgIpc) is 3.22. The molecule has 4 nitrogen and oxygen atoms in total. The summed E-state index contributed by atoms with van der Waals surface area (Å²) in [6.07, 6.45) is 3.72. The number of hydrogen-bond donors (Lipinski definition) is 2. The lowest BCUT2D eigenvalue weighted by Crippen LogP contribution is -2.26. The highest BCUT2D eigenvalue weighted by molar-refractivity contribution is 7.17. The van der Waals surface area contributed by atoms with Crippen LogP contribution in [-0.4, -0.2) is 22.7 Å². The monoisotopic (exact) mass is 626 g/mol. The second-order valence-electron chi connectivity index (χ2n) is 8.92. The van der Waals surface area contributed by atoms with Gasteiger partial charge in [-0.15, -0.1) is 34.5 Å². The zero-order valence-electron chi connectivity index (χ0n) is 20.2. The lowest BCUT2D eigenvalue weighted by Gasteiger charge is -2.07. The summed E-state index contributed by atoms with van der Waals surface area (Å²) in [5, 5.41) is 9.97. The van der Waals surface area contributed by atoms with Crippen LogP contribution in [0, 0.1) is 5.92 Å². The molecule has 1 saturated carbocycles. The molecule has 3 aromatic rings. The molecule has 2 amide bonds. The number of amides is 2. The Balaban J connectivity index is 1.30. The molecule has 38 heavy (non-hydrogen) atoms. The minimum Gasteiger partial charge on any atom is -0.352 e. The third kappa shape index (κ3) is 6.59. The van der Waals surface area contributed by atoms with Gasteiger partial charge in [0.25, 0.3) is 0 Å². The average molecular weight is 629 g/mol. The number of halogens is 5. The fourth-order valence-electron chi connectivity index (χ4n) is 4.18. The molecule has 2 unspecified atom stereocenters. The van der Waals surface area contributed by atoms with Crippen LogP contribution >= 0.6 is 69.3 Å². The van der Waals surface area contributed by atoms with E-state index in [9.17, 15) is 9.59 Å². The molecular formula is C28H23Cl5N2O2S. The number of alkyl halides is 2. The Morgan fingerprint density at radius 1 is 1.11 bits per heavy atom. The zero-order chi connectivity index (χ0) is 27.6. The predicted molar refractivity (Wildman–Crippen MR) is 161 cm³/mol. The Kier molecular flexibility index (Phi) is 9.18. The number of carbonyl (C=O) groups excluding carboxylic acids is 2. The molecule has 1 aromatic heterocycles. The molecule has 1 fully saturated rings. The van der Waals surface area contributed by atoms with Crippen molar-refractivity contribution >= 4 is 91.2 Å². The van der Waals surface area contributed by atoms with Crippen molar-refractivity contribution < 1.29 is 9.59 Å².